The van der Waals surface area contributed by atoms with Crippen molar-refractivity contribution in [3.63, 3.8) is 0 Å². The minimum Gasteiger partial charge on any atom is -0.325 e. The van der Waals surface area contributed by atoms with E-state index in [0.717, 1.165) is 0 Å². The van der Waals surface area contributed by atoms with Gasteiger partial charge in [-0.05, 0) is 31.1 Å². The second-order valence-corrected chi connectivity index (χ2v) is 5.48. The Hall–Kier alpha value is -0.0400. The van der Waals surface area contributed by atoms with Crippen molar-refractivity contribution < 1.29 is 0 Å². The molecule has 0 saturated heterocycles. The Morgan fingerprint density at radius 1 is 0.769 bits per heavy atom. The summed E-state index contributed by atoms with van der Waals surface area (Å²) in [5.74, 6) is 0. The van der Waals surface area contributed by atoms with E-state index in [-0.39, 0.29) is 5.54 Å². The maximum Gasteiger partial charge on any atom is 0.0208 e. The Kier molecular flexibility index (Phi) is 2.39. The molecule has 2 fully saturated rings. The molecular weight excluding hydrogens is 158 g/mol. The van der Waals surface area contributed by atoms with Gasteiger partial charge in [0.15, 0.2) is 0 Å². The smallest absolute Gasteiger partial charge is 0.0208 e. The van der Waals surface area contributed by atoms with Gasteiger partial charge in [0.1, 0.15) is 0 Å². The summed E-state index contributed by atoms with van der Waals surface area (Å²) in [4.78, 5) is 0. The molecule has 76 valence electrons. The highest BCUT2D eigenvalue weighted by atomic mass is 14.8. The van der Waals surface area contributed by atoms with Crippen LogP contribution in [-0.2, 0) is 0 Å². The summed E-state index contributed by atoms with van der Waals surface area (Å²) in [6, 6.07) is 0. The van der Waals surface area contributed by atoms with Crippen LogP contribution in [0.2, 0.25) is 0 Å². The first-order chi connectivity index (χ1) is 6.16. The van der Waals surface area contributed by atoms with E-state index < -0.39 is 0 Å². The van der Waals surface area contributed by atoms with E-state index in [1.165, 1.54) is 57.8 Å². The predicted molar refractivity (Wildman–Crippen MR) is 56.6 cm³/mol. The summed E-state index contributed by atoms with van der Waals surface area (Å²) in [6.45, 7) is 2.44. The largest absolute Gasteiger partial charge is 0.325 e. The van der Waals surface area contributed by atoms with Crippen LogP contribution >= 0.6 is 0 Å². The zero-order valence-corrected chi connectivity index (χ0v) is 8.94. The highest BCUT2D eigenvalue weighted by Gasteiger charge is 2.46. The van der Waals surface area contributed by atoms with E-state index in [1.54, 1.807) is 0 Å². The van der Waals surface area contributed by atoms with Crippen LogP contribution in [0.1, 0.15) is 64.7 Å². The summed E-state index contributed by atoms with van der Waals surface area (Å²) in [7, 11) is 0. The molecular formula is C12H23N. The molecule has 2 rings (SSSR count). The fraction of sp³-hybridized carbons (Fsp3) is 1.00. The van der Waals surface area contributed by atoms with Gasteiger partial charge in [0.25, 0.3) is 0 Å². The molecule has 0 aromatic heterocycles. The molecule has 0 unspecified atom stereocenters. The van der Waals surface area contributed by atoms with Crippen LogP contribution in [0.3, 0.4) is 0 Å². The lowest BCUT2D eigenvalue weighted by atomic mass is 9.62. The van der Waals surface area contributed by atoms with Crippen molar-refractivity contribution in [3.05, 3.63) is 0 Å². The number of rotatable bonds is 1. The van der Waals surface area contributed by atoms with Crippen LogP contribution < -0.4 is 5.73 Å². The lowest BCUT2D eigenvalue weighted by Gasteiger charge is -2.47. The third-order valence-electron chi connectivity index (χ3n) is 4.65. The van der Waals surface area contributed by atoms with Gasteiger partial charge in [0, 0.05) is 5.54 Å². The van der Waals surface area contributed by atoms with E-state index in [4.69, 9.17) is 5.73 Å². The Balaban J connectivity index is 2.11. The van der Waals surface area contributed by atoms with Crippen molar-refractivity contribution >= 4 is 0 Å². The highest BCUT2D eigenvalue weighted by molar-refractivity contribution is 5.03. The average Bonchev–Trinajstić information content (AvgIpc) is 2.55. The Bertz CT molecular complexity index is 174. The van der Waals surface area contributed by atoms with Crippen molar-refractivity contribution in [1.29, 1.82) is 0 Å². The second kappa shape index (κ2) is 3.27. The molecule has 13 heavy (non-hydrogen) atoms. The number of hydrogen-bond acceptors (Lipinski definition) is 1. The fourth-order valence-corrected chi connectivity index (χ4v) is 3.44. The second-order valence-electron chi connectivity index (χ2n) is 5.48. The zero-order valence-electron chi connectivity index (χ0n) is 8.94. The SMILES string of the molecule is CC1(C2(N)CCCC2)CCCCC1. The van der Waals surface area contributed by atoms with E-state index in [2.05, 4.69) is 6.92 Å². The Morgan fingerprint density at radius 2 is 1.23 bits per heavy atom. The van der Waals surface area contributed by atoms with Crippen LogP contribution in [0.5, 0.6) is 0 Å². The molecule has 0 amide bonds. The standard InChI is InChI=1S/C12H23N/c1-11(7-3-2-4-8-11)12(13)9-5-6-10-12/h2-10,13H2,1H3. The topological polar surface area (TPSA) is 26.0 Å². The quantitative estimate of drug-likeness (QED) is 0.660. The molecule has 0 spiro atoms. The molecule has 2 N–H and O–H groups in total. The predicted octanol–water partition coefficient (Wildman–Crippen LogP) is 3.23. The van der Waals surface area contributed by atoms with Gasteiger partial charge in [-0.3, -0.25) is 0 Å². The molecule has 1 nitrogen and oxygen atoms in total. The van der Waals surface area contributed by atoms with E-state index in [9.17, 15) is 0 Å². The maximum atomic E-state index is 6.57. The zero-order chi connectivity index (χ0) is 9.36. The van der Waals surface area contributed by atoms with Gasteiger partial charge >= 0.3 is 0 Å². The molecule has 0 atom stereocenters. The van der Waals surface area contributed by atoms with E-state index in [1.807, 2.05) is 0 Å². The van der Waals surface area contributed by atoms with Gasteiger partial charge in [-0.25, -0.2) is 0 Å². The molecule has 0 aromatic carbocycles. The molecule has 1 heteroatoms. The van der Waals surface area contributed by atoms with Crippen molar-refractivity contribution in [2.24, 2.45) is 11.1 Å². The van der Waals surface area contributed by atoms with E-state index >= 15 is 0 Å². The van der Waals surface area contributed by atoms with Gasteiger partial charge in [-0.2, -0.15) is 0 Å². The first-order valence-electron chi connectivity index (χ1n) is 5.95. The molecule has 0 aliphatic heterocycles. The Morgan fingerprint density at radius 3 is 1.77 bits per heavy atom. The molecule has 2 aliphatic rings. The van der Waals surface area contributed by atoms with Gasteiger partial charge in [0.2, 0.25) is 0 Å². The van der Waals surface area contributed by atoms with Gasteiger partial charge in [-0.15, -0.1) is 0 Å². The summed E-state index contributed by atoms with van der Waals surface area (Å²) >= 11 is 0. The fourth-order valence-electron chi connectivity index (χ4n) is 3.44. The van der Waals surface area contributed by atoms with Crippen molar-refractivity contribution in [1.82, 2.24) is 0 Å². The molecule has 2 saturated carbocycles. The van der Waals surface area contributed by atoms with Crippen LogP contribution in [0, 0.1) is 5.41 Å². The lowest BCUT2D eigenvalue weighted by Crippen LogP contribution is -2.52. The first kappa shape index (κ1) is 9.51. The minimum absolute atomic E-state index is 0.202. The van der Waals surface area contributed by atoms with Crippen molar-refractivity contribution in [2.75, 3.05) is 0 Å². The normalized spacial score (nSPS) is 31.8. The molecule has 0 radical (unpaired) electrons. The van der Waals surface area contributed by atoms with Crippen LogP contribution in [0.4, 0.5) is 0 Å². The van der Waals surface area contributed by atoms with Crippen LogP contribution in [0.25, 0.3) is 0 Å². The maximum absolute atomic E-state index is 6.57. The molecule has 0 heterocycles. The number of hydrogen-bond donors (Lipinski definition) is 1. The Labute approximate surface area is 82.1 Å². The third kappa shape index (κ3) is 1.52. The molecule has 0 bridgehead atoms. The summed E-state index contributed by atoms with van der Waals surface area (Å²) in [5, 5.41) is 0. The molecule has 0 aromatic rings. The van der Waals surface area contributed by atoms with Gasteiger partial charge in [-0.1, -0.05) is 39.0 Å². The summed E-state index contributed by atoms with van der Waals surface area (Å²) in [6.07, 6.45) is 12.3. The van der Waals surface area contributed by atoms with E-state index in [0.29, 0.717) is 5.41 Å². The van der Waals surface area contributed by atoms with Crippen molar-refractivity contribution in [3.8, 4) is 0 Å². The summed E-state index contributed by atoms with van der Waals surface area (Å²) in [5.41, 5.74) is 7.24. The third-order valence-corrected chi connectivity index (χ3v) is 4.65. The highest BCUT2D eigenvalue weighted by Crippen LogP contribution is 2.50. The minimum atomic E-state index is 0.202. The first-order valence-corrected chi connectivity index (χ1v) is 5.95. The van der Waals surface area contributed by atoms with Crippen LogP contribution in [-0.4, -0.2) is 5.54 Å². The molecule has 2 aliphatic carbocycles. The monoisotopic (exact) mass is 181 g/mol. The lowest BCUT2D eigenvalue weighted by molar-refractivity contribution is 0.0908. The van der Waals surface area contributed by atoms with Gasteiger partial charge < -0.3 is 5.73 Å². The number of nitrogens with two attached hydrogens (primary N) is 1. The summed E-state index contributed by atoms with van der Waals surface area (Å²) < 4.78 is 0. The average molecular weight is 181 g/mol. The van der Waals surface area contributed by atoms with Gasteiger partial charge in [0.05, 0.1) is 0 Å². The van der Waals surface area contributed by atoms with Crippen molar-refractivity contribution in [2.45, 2.75) is 70.3 Å². The van der Waals surface area contributed by atoms with Crippen LogP contribution in [0.15, 0.2) is 0 Å².